The molecule has 1 heterocycles. The van der Waals surface area contributed by atoms with Gasteiger partial charge in [0.25, 0.3) is 6.10 Å². The first-order chi connectivity index (χ1) is 12.7. The lowest BCUT2D eigenvalue weighted by Gasteiger charge is -2.34. The van der Waals surface area contributed by atoms with Gasteiger partial charge in [-0.3, -0.25) is 0 Å². The number of hydrogen-bond donors (Lipinski definition) is 0. The number of benzene rings is 1. The molecule has 0 N–H and O–H groups in total. The number of carbonyl (C=O) groups excluding carboxylic acids is 1. The Balaban J connectivity index is 2.05. The molecule has 1 aliphatic rings. The molecule has 28 heavy (non-hydrogen) atoms. The van der Waals surface area contributed by atoms with Crippen LogP contribution in [0.25, 0.3) is 0 Å². The van der Waals surface area contributed by atoms with E-state index in [1.807, 2.05) is 0 Å². The van der Waals surface area contributed by atoms with Gasteiger partial charge in [-0.1, -0.05) is 18.2 Å². The normalized spacial score (nSPS) is 17.1. The first kappa shape index (κ1) is 22.3. The number of ether oxygens (including phenoxy) is 1. The highest BCUT2D eigenvalue weighted by Crippen LogP contribution is 2.36. The number of aryl methyl sites for hydroxylation is 1. The van der Waals surface area contributed by atoms with Crippen LogP contribution in [0.4, 0.5) is 31.1 Å². The molecule has 0 radical (unpaired) electrons. The van der Waals surface area contributed by atoms with E-state index in [4.69, 9.17) is 0 Å². The molecule has 0 aliphatic carbocycles. The van der Waals surface area contributed by atoms with E-state index in [-0.39, 0.29) is 18.0 Å². The summed E-state index contributed by atoms with van der Waals surface area (Å²) >= 11 is 0. The number of rotatable bonds is 3. The van der Waals surface area contributed by atoms with Gasteiger partial charge in [0.15, 0.2) is 0 Å². The summed E-state index contributed by atoms with van der Waals surface area (Å²) in [6.45, 7) is 0.163. The van der Waals surface area contributed by atoms with Crippen LogP contribution in [0.15, 0.2) is 29.2 Å². The average Bonchev–Trinajstić information content (AvgIpc) is 2.57. The maximum absolute atomic E-state index is 12.6. The Bertz CT molecular complexity index is 803. The minimum Gasteiger partial charge on any atom is -0.426 e. The molecule has 1 amide bonds. The van der Waals surface area contributed by atoms with Crippen molar-refractivity contribution < 1.29 is 44.3 Å². The van der Waals surface area contributed by atoms with Crippen LogP contribution in [0.2, 0.25) is 0 Å². The van der Waals surface area contributed by atoms with Crippen LogP contribution in [0.3, 0.4) is 0 Å². The largest absolute Gasteiger partial charge is 0.434 e. The maximum atomic E-state index is 12.6. The first-order valence-electron chi connectivity index (χ1n) is 7.89. The molecule has 1 aromatic carbocycles. The summed E-state index contributed by atoms with van der Waals surface area (Å²) in [5, 5.41) is 0. The molecule has 0 unspecified atom stereocenters. The zero-order valence-electron chi connectivity index (χ0n) is 14.4. The van der Waals surface area contributed by atoms with Crippen LogP contribution in [-0.2, 0) is 14.8 Å². The van der Waals surface area contributed by atoms with E-state index in [0.29, 0.717) is 10.5 Å². The zero-order chi connectivity index (χ0) is 21.3. The molecule has 0 spiro atoms. The molecule has 158 valence electrons. The van der Waals surface area contributed by atoms with Crippen molar-refractivity contribution in [2.45, 2.75) is 30.3 Å². The molecule has 1 saturated heterocycles. The number of hydrogen-bond acceptors (Lipinski definition) is 4. The van der Waals surface area contributed by atoms with Gasteiger partial charge in [0.2, 0.25) is 10.0 Å². The van der Waals surface area contributed by atoms with Gasteiger partial charge in [-0.15, -0.1) is 0 Å². The van der Waals surface area contributed by atoms with Crippen molar-refractivity contribution in [1.82, 2.24) is 9.21 Å². The summed E-state index contributed by atoms with van der Waals surface area (Å²) in [6.07, 6.45) is -17.7. The molecule has 1 aromatic rings. The second-order valence-corrected chi connectivity index (χ2v) is 7.91. The Morgan fingerprint density at radius 2 is 1.50 bits per heavy atom. The smallest absolute Gasteiger partial charge is 0.426 e. The quantitative estimate of drug-likeness (QED) is 0.687. The molecular formula is C15H16F6N2O4S. The molecule has 0 bridgehead atoms. The molecule has 0 saturated carbocycles. The summed E-state index contributed by atoms with van der Waals surface area (Å²) < 4.78 is 105. The number of nitrogens with zero attached hydrogens (tertiary/aromatic N) is 2. The van der Waals surface area contributed by atoms with Crippen LogP contribution in [0, 0.1) is 6.92 Å². The van der Waals surface area contributed by atoms with Crippen LogP contribution >= 0.6 is 0 Å². The number of halogens is 6. The van der Waals surface area contributed by atoms with Crippen molar-refractivity contribution in [3.63, 3.8) is 0 Å². The van der Waals surface area contributed by atoms with Crippen molar-refractivity contribution in [1.29, 1.82) is 0 Å². The van der Waals surface area contributed by atoms with Crippen molar-refractivity contribution in [3.05, 3.63) is 29.8 Å². The van der Waals surface area contributed by atoms with Gasteiger partial charge in [0.1, 0.15) is 0 Å². The highest BCUT2D eigenvalue weighted by molar-refractivity contribution is 7.89. The molecule has 13 heteroatoms. The Kier molecular flexibility index (Phi) is 6.19. The molecule has 0 aromatic heterocycles. The third kappa shape index (κ3) is 4.87. The molecule has 1 aliphatic heterocycles. The van der Waals surface area contributed by atoms with Crippen molar-refractivity contribution >= 4 is 16.1 Å². The fraction of sp³-hybridized carbons (Fsp3) is 0.533. The van der Waals surface area contributed by atoms with Crippen molar-refractivity contribution in [3.8, 4) is 0 Å². The summed E-state index contributed by atoms with van der Waals surface area (Å²) in [5.41, 5.74) is 0.475. The topological polar surface area (TPSA) is 66.9 Å². The minimum absolute atomic E-state index is 0.0280. The van der Waals surface area contributed by atoms with Gasteiger partial charge in [-0.25, -0.2) is 13.2 Å². The summed E-state index contributed by atoms with van der Waals surface area (Å²) in [6, 6.07) is 6.11. The fourth-order valence-corrected chi connectivity index (χ4v) is 4.24. The van der Waals surface area contributed by atoms with E-state index in [1.165, 1.54) is 12.1 Å². The molecule has 1 fully saturated rings. The average molecular weight is 434 g/mol. The van der Waals surface area contributed by atoms with Crippen LogP contribution in [0.5, 0.6) is 0 Å². The van der Waals surface area contributed by atoms with Crippen molar-refractivity contribution in [2.75, 3.05) is 26.2 Å². The Morgan fingerprint density at radius 1 is 1.00 bits per heavy atom. The third-order valence-electron chi connectivity index (χ3n) is 4.02. The maximum Gasteiger partial charge on any atom is 0.434 e. The van der Waals surface area contributed by atoms with Crippen LogP contribution < -0.4 is 0 Å². The molecule has 2 rings (SSSR count). The number of alkyl halides is 6. The van der Waals surface area contributed by atoms with Gasteiger partial charge in [-0.2, -0.15) is 30.6 Å². The number of amides is 1. The monoisotopic (exact) mass is 434 g/mol. The number of sulfonamides is 1. The van der Waals surface area contributed by atoms with Gasteiger partial charge in [0.05, 0.1) is 4.90 Å². The van der Waals surface area contributed by atoms with E-state index in [2.05, 4.69) is 4.74 Å². The van der Waals surface area contributed by atoms with E-state index in [1.54, 1.807) is 19.1 Å². The second-order valence-electron chi connectivity index (χ2n) is 6.00. The second kappa shape index (κ2) is 7.78. The first-order valence-corrected chi connectivity index (χ1v) is 9.33. The summed E-state index contributed by atoms with van der Waals surface area (Å²) in [7, 11) is -3.92. The zero-order valence-corrected chi connectivity index (χ0v) is 15.2. The Hall–Kier alpha value is -2.02. The van der Waals surface area contributed by atoms with E-state index >= 15 is 0 Å². The standard InChI is InChI=1S/C15H16F6N2O4S/c1-10-4-2-3-5-11(10)28(25,26)23-8-6-22(7-9-23)13(24)27-12(14(16,17)18)15(19,20)21/h2-5,12H,6-9H2,1H3. The van der Waals surface area contributed by atoms with Crippen molar-refractivity contribution in [2.24, 2.45) is 0 Å². The van der Waals surface area contributed by atoms with Gasteiger partial charge >= 0.3 is 18.4 Å². The molecular weight excluding hydrogens is 418 g/mol. The summed E-state index contributed by atoms with van der Waals surface area (Å²) in [4.78, 5) is 12.4. The number of carbonyl (C=O) groups is 1. The van der Waals surface area contributed by atoms with E-state index in [0.717, 1.165) is 4.31 Å². The Labute approximate surface area is 156 Å². The molecule has 6 nitrogen and oxygen atoms in total. The highest BCUT2D eigenvalue weighted by atomic mass is 32.2. The van der Waals surface area contributed by atoms with Gasteiger partial charge < -0.3 is 9.64 Å². The van der Waals surface area contributed by atoms with E-state index in [9.17, 15) is 39.6 Å². The lowest BCUT2D eigenvalue weighted by molar-refractivity contribution is -0.308. The highest BCUT2D eigenvalue weighted by Gasteiger charge is 2.60. The SMILES string of the molecule is Cc1ccccc1S(=O)(=O)N1CCN(C(=O)OC(C(F)(F)F)C(F)(F)F)CC1. The Morgan fingerprint density at radius 3 is 1.96 bits per heavy atom. The van der Waals surface area contributed by atoms with E-state index < -0.39 is 47.7 Å². The molecule has 0 atom stereocenters. The third-order valence-corrected chi connectivity index (χ3v) is 6.08. The minimum atomic E-state index is -5.82. The van der Waals surface area contributed by atoms with Gasteiger partial charge in [-0.05, 0) is 18.6 Å². The van der Waals surface area contributed by atoms with Crippen LogP contribution in [-0.4, -0.2) is 68.4 Å². The predicted molar refractivity (Wildman–Crippen MR) is 83.9 cm³/mol. The number of piperazine rings is 1. The summed E-state index contributed by atoms with van der Waals surface area (Å²) in [5.74, 6) is 0. The fourth-order valence-electron chi connectivity index (χ4n) is 2.59. The van der Waals surface area contributed by atoms with Gasteiger partial charge in [0, 0.05) is 26.2 Å². The lowest BCUT2D eigenvalue weighted by atomic mass is 10.2. The van der Waals surface area contributed by atoms with Crippen LogP contribution in [0.1, 0.15) is 5.56 Å². The lowest BCUT2D eigenvalue weighted by Crippen LogP contribution is -2.53. The predicted octanol–water partition coefficient (Wildman–Crippen LogP) is 2.93.